The number of carbonyl (C=O) groups excluding carboxylic acids is 1. The molecule has 0 radical (unpaired) electrons. The number of aromatic nitrogens is 1. The zero-order valence-electron chi connectivity index (χ0n) is 15.8. The molecule has 5 nitrogen and oxygen atoms in total. The quantitative estimate of drug-likeness (QED) is 0.844. The van der Waals surface area contributed by atoms with E-state index < -0.39 is 0 Å². The van der Waals surface area contributed by atoms with Gasteiger partial charge < -0.3 is 11.1 Å². The van der Waals surface area contributed by atoms with Crippen molar-refractivity contribution in [2.45, 2.75) is 64.5 Å². The van der Waals surface area contributed by atoms with Crippen LogP contribution in [-0.4, -0.2) is 34.9 Å². The molecule has 4 rings (SSSR count). The fourth-order valence-corrected chi connectivity index (χ4v) is 6.01. The van der Waals surface area contributed by atoms with Crippen molar-refractivity contribution in [2.75, 3.05) is 18.4 Å². The number of nitrogens with two attached hydrogens (primary N) is 1. The van der Waals surface area contributed by atoms with Gasteiger partial charge in [0.25, 0.3) is 0 Å². The number of piperidine rings is 1. The fraction of sp³-hybridized carbons (Fsp3) is 0.800. The third-order valence-corrected chi connectivity index (χ3v) is 7.50. The molecule has 1 aromatic heterocycles. The molecule has 3 fully saturated rings. The van der Waals surface area contributed by atoms with Crippen LogP contribution in [0.5, 0.6) is 0 Å². The van der Waals surface area contributed by atoms with Gasteiger partial charge in [0, 0.05) is 30.4 Å². The summed E-state index contributed by atoms with van der Waals surface area (Å²) in [6.07, 6.45) is 8.18. The van der Waals surface area contributed by atoms with E-state index in [0.29, 0.717) is 17.9 Å². The molecule has 1 aromatic rings. The van der Waals surface area contributed by atoms with Gasteiger partial charge in [-0.05, 0) is 62.8 Å². The minimum absolute atomic E-state index is 0.111. The molecule has 2 saturated carbocycles. The van der Waals surface area contributed by atoms with Gasteiger partial charge in [0.2, 0.25) is 5.91 Å². The highest BCUT2D eigenvalue weighted by atomic mass is 32.1. The van der Waals surface area contributed by atoms with Gasteiger partial charge in [0.1, 0.15) is 0 Å². The van der Waals surface area contributed by atoms with E-state index in [0.717, 1.165) is 49.2 Å². The van der Waals surface area contributed by atoms with Gasteiger partial charge >= 0.3 is 0 Å². The van der Waals surface area contributed by atoms with E-state index in [4.69, 9.17) is 5.73 Å². The number of carbonyl (C=O) groups is 1. The molecule has 1 aliphatic heterocycles. The molecule has 3 atom stereocenters. The molecular weight excluding hydrogens is 344 g/mol. The van der Waals surface area contributed by atoms with Crippen molar-refractivity contribution in [1.82, 2.24) is 9.88 Å². The van der Waals surface area contributed by atoms with Crippen molar-refractivity contribution in [2.24, 2.45) is 29.4 Å². The van der Waals surface area contributed by atoms with Crippen molar-refractivity contribution < 1.29 is 4.79 Å². The molecule has 0 spiro atoms. The average molecular weight is 377 g/mol. The van der Waals surface area contributed by atoms with Gasteiger partial charge in [-0.2, -0.15) is 0 Å². The summed E-state index contributed by atoms with van der Waals surface area (Å²) in [7, 11) is 0. The third kappa shape index (κ3) is 4.12. The van der Waals surface area contributed by atoms with Crippen molar-refractivity contribution in [3.05, 3.63) is 11.1 Å². The molecule has 26 heavy (non-hydrogen) atoms. The number of nitrogens with one attached hydrogen (secondary N) is 1. The predicted molar refractivity (Wildman–Crippen MR) is 106 cm³/mol. The van der Waals surface area contributed by atoms with Gasteiger partial charge in [0.05, 0.1) is 5.69 Å². The van der Waals surface area contributed by atoms with Gasteiger partial charge in [-0.3, -0.25) is 9.69 Å². The minimum Gasteiger partial charge on any atom is -0.327 e. The second kappa shape index (κ2) is 7.95. The van der Waals surface area contributed by atoms with Gasteiger partial charge in [-0.1, -0.05) is 13.3 Å². The molecule has 1 saturated heterocycles. The van der Waals surface area contributed by atoms with Crippen LogP contribution < -0.4 is 11.1 Å². The first-order valence-corrected chi connectivity index (χ1v) is 11.2. The molecule has 144 valence electrons. The largest absolute Gasteiger partial charge is 0.327 e. The van der Waals surface area contributed by atoms with E-state index in [1.807, 2.05) is 0 Å². The SMILES string of the molecule is CC1CCCN(Cc2csc(NC(=O)C3CC4CCCC(C3)C4N)n2)C1. The summed E-state index contributed by atoms with van der Waals surface area (Å²) in [4.78, 5) is 19.9. The standard InChI is InChI=1S/C20H32N4OS/c1-13-4-3-7-24(10-13)11-17-12-26-20(22-17)23-19(25)16-8-14-5-2-6-15(9-16)18(14)21/h12-16,18H,2-11,21H2,1H3,(H,22,23,25). The van der Waals surface area contributed by atoms with Crippen molar-refractivity contribution in [3.63, 3.8) is 0 Å². The van der Waals surface area contributed by atoms with E-state index in [-0.39, 0.29) is 11.8 Å². The first kappa shape index (κ1) is 18.4. The van der Waals surface area contributed by atoms with E-state index in [9.17, 15) is 4.79 Å². The summed E-state index contributed by atoms with van der Waals surface area (Å²) in [5, 5.41) is 5.95. The smallest absolute Gasteiger partial charge is 0.229 e. The van der Waals surface area contributed by atoms with Crippen LogP contribution >= 0.6 is 11.3 Å². The lowest BCUT2D eigenvalue weighted by molar-refractivity contribution is -0.122. The summed E-state index contributed by atoms with van der Waals surface area (Å²) in [5.41, 5.74) is 7.44. The number of amides is 1. The number of likely N-dealkylation sites (tertiary alicyclic amines) is 1. The fourth-order valence-electron chi connectivity index (χ4n) is 5.31. The Bertz CT molecular complexity index is 619. The average Bonchev–Trinajstić information content (AvgIpc) is 3.01. The van der Waals surface area contributed by atoms with E-state index >= 15 is 0 Å². The highest BCUT2D eigenvalue weighted by Crippen LogP contribution is 2.42. The Kier molecular flexibility index (Phi) is 5.62. The van der Waals surface area contributed by atoms with E-state index in [1.54, 1.807) is 11.3 Å². The number of hydrogen-bond donors (Lipinski definition) is 2. The van der Waals surface area contributed by atoms with Crippen LogP contribution in [-0.2, 0) is 11.3 Å². The van der Waals surface area contributed by atoms with Crippen LogP contribution in [0.4, 0.5) is 5.13 Å². The lowest BCUT2D eigenvalue weighted by Gasteiger charge is -2.43. The van der Waals surface area contributed by atoms with Crippen LogP contribution in [0, 0.1) is 23.7 Å². The van der Waals surface area contributed by atoms with Gasteiger partial charge in [0.15, 0.2) is 5.13 Å². The first-order valence-electron chi connectivity index (χ1n) is 10.3. The second-order valence-electron chi connectivity index (χ2n) is 8.81. The molecule has 1 amide bonds. The lowest BCUT2D eigenvalue weighted by atomic mass is 9.65. The molecule has 6 heteroatoms. The normalized spacial score (nSPS) is 35.2. The maximum atomic E-state index is 12.8. The number of fused-ring (bicyclic) bond motifs is 2. The Hall–Kier alpha value is -0.980. The van der Waals surface area contributed by atoms with E-state index in [2.05, 4.69) is 27.5 Å². The van der Waals surface area contributed by atoms with Crippen LogP contribution in [0.2, 0.25) is 0 Å². The van der Waals surface area contributed by atoms with Gasteiger partial charge in [-0.15, -0.1) is 11.3 Å². The maximum absolute atomic E-state index is 12.8. The van der Waals surface area contributed by atoms with E-state index in [1.165, 1.54) is 32.1 Å². The third-order valence-electron chi connectivity index (χ3n) is 6.69. The predicted octanol–water partition coefficient (Wildman–Crippen LogP) is 3.47. The van der Waals surface area contributed by atoms with Crippen molar-refractivity contribution >= 4 is 22.4 Å². The van der Waals surface area contributed by atoms with Crippen LogP contribution in [0.15, 0.2) is 5.38 Å². The molecule has 3 aliphatic rings. The van der Waals surface area contributed by atoms with Gasteiger partial charge in [-0.25, -0.2) is 4.98 Å². The Morgan fingerprint density at radius 2 is 2.08 bits per heavy atom. The molecule has 2 heterocycles. The maximum Gasteiger partial charge on any atom is 0.229 e. The minimum atomic E-state index is 0.111. The molecule has 2 bridgehead atoms. The van der Waals surface area contributed by atoms with Crippen LogP contribution in [0.3, 0.4) is 0 Å². The summed E-state index contributed by atoms with van der Waals surface area (Å²) in [5.74, 6) is 2.11. The zero-order valence-corrected chi connectivity index (χ0v) is 16.6. The second-order valence-corrected chi connectivity index (χ2v) is 9.67. The van der Waals surface area contributed by atoms with Crippen molar-refractivity contribution in [1.29, 1.82) is 0 Å². The molecule has 2 aliphatic carbocycles. The lowest BCUT2D eigenvalue weighted by Crippen LogP contribution is -2.48. The highest BCUT2D eigenvalue weighted by molar-refractivity contribution is 7.13. The topological polar surface area (TPSA) is 71.2 Å². The Balaban J connectivity index is 1.31. The number of nitrogens with zero attached hydrogens (tertiary/aromatic N) is 2. The zero-order chi connectivity index (χ0) is 18.1. The van der Waals surface area contributed by atoms with Crippen LogP contribution in [0.25, 0.3) is 0 Å². The summed E-state index contributed by atoms with van der Waals surface area (Å²) in [6.45, 7) is 5.54. The highest BCUT2D eigenvalue weighted by Gasteiger charge is 2.40. The first-order chi connectivity index (χ1) is 12.6. The number of hydrogen-bond acceptors (Lipinski definition) is 5. The Morgan fingerprint density at radius 1 is 1.31 bits per heavy atom. The Labute approximate surface area is 160 Å². The number of rotatable bonds is 4. The number of anilines is 1. The van der Waals surface area contributed by atoms with Crippen molar-refractivity contribution in [3.8, 4) is 0 Å². The summed E-state index contributed by atoms with van der Waals surface area (Å²) in [6, 6.07) is 0.311. The van der Waals surface area contributed by atoms with Crippen LogP contribution in [0.1, 0.15) is 57.6 Å². The number of thiazole rings is 1. The molecule has 3 unspecified atom stereocenters. The molecule has 0 aromatic carbocycles. The summed E-state index contributed by atoms with van der Waals surface area (Å²) < 4.78 is 0. The summed E-state index contributed by atoms with van der Waals surface area (Å²) >= 11 is 1.56. The Morgan fingerprint density at radius 3 is 2.81 bits per heavy atom. The molecular formula is C20H32N4OS. The molecule has 3 N–H and O–H groups in total. The monoisotopic (exact) mass is 376 g/mol.